The van der Waals surface area contributed by atoms with Crippen LogP contribution in [0.15, 0.2) is 0 Å². The van der Waals surface area contributed by atoms with Crippen LogP contribution in [0.1, 0.15) is 19.3 Å². The van der Waals surface area contributed by atoms with E-state index < -0.39 is 0 Å². The van der Waals surface area contributed by atoms with Crippen LogP contribution in [0.4, 0.5) is 0 Å². The van der Waals surface area contributed by atoms with Crippen LogP contribution >= 0.6 is 15.9 Å². The molecule has 2 unspecified atom stereocenters. The summed E-state index contributed by atoms with van der Waals surface area (Å²) in [7, 11) is 1.39. The molecule has 0 saturated carbocycles. The maximum Gasteiger partial charge on any atom is 0.320 e. The SMILES string of the molecule is COC(=O)C(Br)CNCCC1CCCO1. The van der Waals surface area contributed by atoms with Gasteiger partial charge >= 0.3 is 5.97 Å². The van der Waals surface area contributed by atoms with Crippen molar-refractivity contribution in [2.75, 3.05) is 26.8 Å². The highest BCUT2D eigenvalue weighted by Crippen LogP contribution is 2.14. The Labute approximate surface area is 98.8 Å². The molecule has 1 saturated heterocycles. The fourth-order valence-electron chi connectivity index (χ4n) is 1.58. The molecule has 0 aromatic carbocycles. The number of esters is 1. The zero-order chi connectivity index (χ0) is 11.1. The van der Waals surface area contributed by atoms with Crippen molar-refractivity contribution in [3.05, 3.63) is 0 Å². The van der Waals surface area contributed by atoms with Crippen molar-refractivity contribution in [1.29, 1.82) is 0 Å². The number of rotatable bonds is 6. The van der Waals surface area contributed by atoms with E-state index in [2.05, 4.69) is 26.0 Å². The number of carbonyl (C=O) groups excluding carboxylic acids is 1. The van der Waals surface area contributed by atoms with E-state index in [1.165, 1.54) is 13.5 Å². The average Bonchev–Trinajstić information content (AvgIpc) is 2.75. The maximum absolute atomic E-state index is 11.0. The largest absolute Gasteiger partial charge is 0.468 e. The summed E-state index contributed by atoms with van der Waals surface area (Å²) >= 11 is 3.25. The minimum atomic E-state index is -0.257. The molecule has 5 heteroatoms. The van der Waals surface area contributed by atoms with Gasteiger partial charge in [0.15, 0.2) is 0 Å². The summed E-state index contributed by atoms with van der Waals surface area (Å²) in [4.78, 5) is 10.8. The molecule has 0 aromatic rings. The van der Waals surface area contributed by atoms with Gasteiger partial charge in [0, 0.05) is 13.2 Å². The van der Waals surface area contributed by atoms with Gasteiger partial charge < -0.3 is 14.8 Å². The molecule has 0 aliphatic carbocycles. The molecule has 1 heterocycles. The first-order valence-corrected chi connectivity index (χ1v) is 6.20. The minimum absolute atomic E-state index is 0.236. The molecule has 1 N–H and O–H groups in total. The molecule has 1 rings (SSSR count). The van der Waals surface area contributed by atoms with Crippen LogP contribution in [-0.2, 0) is 14.3 Å². The second-order valence-electron chi connectivity index (χ2n) is 3.62. The maximum atomic E-state index is 11.0. The van der Waals surface area contributed by atoms with Gasteiger partial charge in [0.2, 0.25) is 0 Å². The number of nitrogens with one attached hydrogen (secondary N) is 1. The number of halogens is 1. The molecule has 0 bridgehead atoms. The fourth-order valence-corrected chi connectivity index (χ4v) is 1.99. The smallest absolute Gasteiger partial charge is 0.320 e. The van der Waals surface area contributed by atoms with E-state index in [9.17, 15) is 4.79 Å². The molecular formula is C10H18BrNO3. The first-order chi connectivity index (χ1) is 7.24. The predicted molar refractivity (Wildman–Crippen MR) is 61.2 cm³/mol. The molecule has 0 amide bonds. The molecule has 0 spiro atoms. The number of ether oxygens (including phenoxy) is 2. The van der Waals surface area contributed by atoms with E-state index >= 15 is 0 Å². The van der Waals surface area contributed by atoms with Crippen LogP contribution in [-0.4, -0.2) is 43.7 Å². The van der Waals surface area contributed by atoms with Crippen molar-refractivity contribution in [2.45, 2.75) is 30.2 Å². The molecule has 1 fully saturated rings. The summed E-state index contributed by atoms with van der Waals surface area (Å²) in [5, 5.41) is 3.20. The third-order valence-corrected chi connectivity index (χ3v) is 3.15. The summed E-state index contributed by atoms with van der Waals surface area (Å²) in [5.41, 5.74) is 0. The predicted octanol–water partition coefficient (Wildman–Crippen LogP) is 1.08. The second kappa shape index (κ2) is 7.19. The Bertz CT molecular complexity index is 195. The first kappa shape index (κ1) is 12.9. The Morgan fingerprint density at radius 3 is 3.13 bits per heavy atom. The van der Waals surface area contributed by atoms with E-state index in [0.717, 1.165) is 26.0 Å². The van der Waals surface area contributed by atoms with Crippen molar-refractivity contribution in [3.63, 3.8) is 0 Å². The van der Waals surface area contributed by atoms with E-state index in [1.54, 1.807) is 0 Å². The van der Waals surface area contributed by atoms with Gasteiger partial charge in [0.05, 0.1) is 13.2 Å². The van der Waals surface area contributed by atoms with E-state index in [0.29, 0.717) is 12.6 Å². The van der Waals surface area contributed by atoms with Gasteiger partial charge in [0.1, 0.15) is 4.83 Å². The highest BCUT2D eigenvalue weighted by atomic mass is 79.9. The highest BCUT2D eigenvalue weighted by Gasteiger charge is 2.16. The van der Waals surface area contributed by atoms with Gasteiger partial charge in [-0.2, -0.15) is 0 Å². The quantitative estimate of drug-likeness (QED) is 0.449. The lowest BCUT2D eigenvalue weighted by Gasteiger charge is -2.11. The fraction of sp³-hybridized carbons (Fsp3) is 0.900. The monoisotopic (exact) mass is 279 g/mol. The van der Waals surface area contributed by atoms with Crippen LogP contribution in [0.2, 0.25) is 0 Å². The van der Waals surface area contributed by atoms with Crippen LogP contribution in [0, 0.1) is 0 Å². The van der Waals surface area contributed by atoms with Crippen molar-refractivity contribution in [2.24, 2.45) is 0 Å². The third-order valence-electron chi connectivity index (χ3n) is 2.45. The number of methoxy groups -OCH3 is 1. The van der Waals surface area contributed by atoms with Crippen molar-refractivity contribution >= 4 is 21.9 Å². The Balaban J connectivity index is 1.98. The molecule has 0 radical (unpaired) electrons. The van der Waals surface area contributed by atoms with Gasteiger partial charge in [-0.1, -0.05) is 15.9 Å². The summed E-state index contributed by atoms with van der Waals surface area (Å²) in [6.45, 7) is 2.37. The van der Waals surface area contributed by atoms with Gasteiger partial charge in [0.25, 0.3) is 0 Å². The molecule has 1 aliphatic rings. The lowest BCUT2D eigenvalue weighted by molar-refractivity contribution is -0.139. The number of carbonyl (C=O) groups is 1. The minimum Gasteiger partial charge on any atom is -0.468 e. The Hall–Kier alpha value is -0.130. The third kappa shape index (κ3) is 4.95. The standard InChI is InChI=1S/C10H18BrNO3/c1-14-10(13)9(11)7-12-5-4-8-3-2-6-15-8/h8-9,12H,2-7H2,1H3. The Kier molecular flexibility index (Phi) is 6.20. The van der Waals surface area contributed by atoms with Gasteiger partial charge in [-0.3, -0.25) is 4.79 Å². The lowest BCUT2D eigenvalue weighted by Crippen LogP contribution is -2.31. The number of alkyl halides is 1. The van der Waals surface area contributed by atoms with Gasteiger partial charge in [-0.05, 0) is 25.8 Å². The molecule has 88 valence electrons. The van der Waals surface area contributed by atoms with E-state index in [-0.39, 0.29) is 10.8 Å². The highest BCUT2D eigenvalue weighted by molar-refractivity contribution is 9.10. The summed E-state index contributed by atoms with van der Waals surface area (Å²) in [5.74, 6) is -0.236. The topological polar surface area (TPSA) is 47.6 Å². The first-order valence-electron chi connectivity index (χ1n) is 5.28. The van der Waals surface area contributed by atoms with Gasteiger partial charge in [-0.15, -0.1) is 0 Å². The molecule has 0 aromatic heterocycles. The Morgan fingerprint density at radius 1 is 1.73 bits per heavy atom. The summed E-state index contributed by atoms with van der Waals surface area (Å²) in [6, 6.07) is 0. The Morgan fingerprint density at radius 2 is 2.53 bits per heavy atom. The number of hydrogen-bond acceptors (Lipinski definition) is 4. The molecule has 15 heavy (non-hydrogen) atoms. The van der Waals surface area contributed by atoms with Gasteiger partial charge in [-0.25, -0.2) is 0 Å². The van der Waals surface area contributed by atoms with Crippen LogP contribution in [0.3, 0.4) is 0 Å². The van der Waals surface area contributed by atoms with Crippen LogP contribution < -0.4 is 5.32 Å². The summed E-state index contributed by atoms with van der Waals surface area (Å²) in [6.07, 6.45) is 3.76. The van der Waals surface area contributed by atoms with E-state index in [4.69, 9.17) is 4.74 Å². The van der Waals surface area contributed by atoms with Crippen molar-refractivity contribution in [3.8, 4) is 0 Å². The van der Waals surface area contributed by atoms with Crippen LogP contribution in [0.5, 0.6) is 0 Å². The van der Waals surface area contributed by atoms with Crippen LogP contribution in [0.25, 0.3) is 0 Å². The lowest BCUT2D eigenvalue weighted by atomic mass is 10.2. The van der Waals surface area contributed by atoms with Crippen molar-refractivity contribution in [1.82, 2.24) is 5.32 Å². The number of hydrogen-bond donors (Lipinski definition) is 1. The zero-order valence-corrected chi connectivity index (χ0v) is 10.6. The second-order valence-corrected chi connectivity index (χ2v) is 4.72. The molecular weight excluding hydrogens is 262 g/mol. The molecule has 4 nitrogen and oxygen atoms in total. The zero-order valence-electron chi connectivity index (χ0n) is 9.00. The molecule has 2 atom stereocenters. The van der Waals surface area contributed by atoms with E-state index in [1.807, 2.05) is 0 Å². The molecule has 1 aliphatic heterocycles. The van der Waals surface area contributed by atoms with Crippen molar-refractivity contribution < 1.29 is 14.3 Å². The normalized spacial score (nSPS) is 22.7. The average molecular weight is 280 g/mol. The summed E-state index contributed by atoms with van der Waals surface area (Å²) < 4.78 is 10.1.